The van der Waals surface area contributed by atoms with Gasteiger partial charge in [0, 0.05) is 29.8 Å². The zero-order valence-electron chi connectivity index (χ0n) is 16.7. The van der Waals surface area contributed by atoms with Crippen LogP contribution in [0.1, 0.15) is 85.5 Å². The molecule has 3 aliphatic carbocycles. The molecule has 138 valence electrons. The second kappa shape index (κ2) is 5.99. The Hall–Kier alpha value is -1.05. The molecule has 0 aromatic carbocycles. The van der Waals surface area contributed by atoms with Gasteiger partial charge in [0.2, 0.25) is 5.91 Å². The summed E-state index contributed by atoms with van der Waals surface area (Å²) in [4.78, 5) is 15.6. The van der Waals surface area contributed by atoms with Crippen molar-refractivity contribution >= 4 is 5.91 Å². The van der Waals surface area contributed by atoms with Gasteiger partial charge in [-0.15, -0.1) is 0 Å². The van der Waals surface area contributed by atoms with Gasteiger partial charge in [-0.25, -0.2) is 0 Å². The van der Waals surface area contributed by atoms with Crippen LogP contribution in [0, 0.1) is 16.7 Å². The van der Waals surface area contributed by atoms with Crippen molar-refractivity contribution in [2.24, 2.45) is 16.7 Å². The number of hydrogen-bond donors (Lipinski definition) is 0. The lowest BCUT2D eigenvalue weighted by atomic mass is 9.50. The van der Waals surface area contributed by atoms with Crippen LogP contribution in [0.5, 0.6) is 0 Å². The van der Waals surface area contributed by atoms with E-state index in [2.05, 4.69) is 32.6 Å². The molecule has 1 aliphatic heterocycles. The summed E-state index contributed by atoms with van der Waals surface area (Å²) < 4.78 is 0. The smallest absolute Gasteiger partial charge is 0.225 e. The molecule has 25 heavy (non-hydrogen) atoms. The minimum absolute atomic E-state index is 0.310. The molecule has 2 heteroatoms. The van der Waals surface area contributed by atoms with E-state index < -0.39 is 0 Å². The number of hydrogen-bond acceptors (Lipinski definition) is 1. The van der Waals surface area contributed by atoms with Crippen molar-refractivity contribution in [3.8, 4) is 0 Å². The van der Waals surface area contributed by atoms with Crippen LogP contribution in [-0.2, 0) is 4.79 Å². The molecule has 4 aliphatic rings. The Morgan fingerprint density at radius 3 is 1.56 bits per heavy atom. The van der Waals surface area contributed by atoms with Gasteiger partial charge in [-0.2, -0.15) is 0 Å². The van der Waals surface area contributed by atoms with E-state index in [1.807, 2.05) is 0 Å². The number of nitrogens with zero attached hydrogens (tertiary/aromatic N) is 1. The highest BCUT2D eigenvalue weighted by Gasteiger charge is 2.61. The van der Waals surface area contributed by atoms with E-state index in [0.717, 1.165) is 25.9 Å². The van der Waals surface area contributed by atoms with Gasteiger partial charge in [-0.05, 0) is 66.2 Å². The van der Waals surface area contributed by atoms with Crippen molar-refractivity contribution in [2.75, 3.05) is 13.1 Å². The Morgan fingerprint density at radius 1 is 0.760 bits per heavy atom. The number of rotatable bonds is 1. The maximum Gasteiger partial charge on any atom is 0.225 e. The van der Waals surface area contributed by atoms with E-state index in [9.17, 15) is 4.79 Å². The lowest BCUT2D eigenvalue weighted by Gasteiger charge is -2.52. The third-order valence-corrected chi connectivity index (χ3v) is 8.25. The minimum Gasteiger partial charge on any atom is -0.341 e. The summed E-state index contributed by atoms with van der Waals surface area (Å²) in [6.07, 6.45) is 10.9. The summed E-state index contributed by atoms with van der Waals surface area (Å²) in [5.74, 6) is 0.800. The van der Waals surface area contributed by atoms with Crippen LogP contribution >= 0.6 is 0 Å². The molecule has 0 unspecified atom stereocenters. The van der Waals surface area contributed by atoms with E-state index in [0.29, 0.717) is 22.7 Å². The largest absolute Gasteiger partial charge is 0.341 e. The lowest BCUT2D eigenvalue weighted by molar-refractivity contribution is -0.136. The molecule has 0 radical (unpaired) electrons. The van der Waals surface area contributed by atoms with Gasteiger partial charge in [0.05, 0.1) is 0 Å². The number of carbonyl (C=O) groups is 1. The summed E-state index contributed by atoms with van der Waals surface area (Å²) in [6, 6.07) is 0. The molecular formula is C23H35NO. The monoisotopic (exact) mass is 341 g/mol. The normalized spacial score (nSPS) is 36.6. The molecule has 0 atom stereocenters. The van der Waals surface area contributed by atoms with Crippen LogP contribution in [0.2, 0.25) is 0 Å². The number of amides is 1. The topological polar surface area (TPSA) is 20.3 Å². The second-order valence-electron chi connectivity index (χ2n) is 9.92. The first kappa shape index (κ1) is 17.4. The third-order valence-electron chi connectivity index (χ3n) is 8.25. The summed E-state index contributed by atoms with van der Waals surface area (Å²) >= 11 is 0. The maximum absolute atomic E-state index is 13.3. The van der Waals surface area contributed by atoms with Crippen LogP contribution in [0.4, 0.5) is 0 Å². The number of carbonyl (C=O) groups excluding carboxylic acids is 1. The van der Waals surface area contributed by atoms with E-state index in [-0.39, 0.29) is 0 Å². The molecule has 1 heterocycles. The Kier molecular flexibility index (Phi) is 4.16. The predicted molar refractivity (Wildman–Crippen MR) is 103 cm³/mol. The van der Waals surface area contributed by atoms with Crippen molar-refractivity contribution in [3.05, 3.63) is 22.3 Å². The quantitative estimate of drug-likeness (QED) is 0.565. The highest BCUT2D eigenvalue weighted by molar-refractivity contribution is 5.79. The first-order valence-corrected chi connectivity index (χ1v) is 10.5. The molecule has 1 amide bonds. The van der Waals surface area contributed by atoms with Crippen molar-refractivity contribution in [2.45, 2.75) is 85.5 Å². The molecule has 4 rings (SSSR count). The molecule has 0 spiro atoms. The fourth-order valence-electron chi connectivity index (χ4n) is 6.62. The molecule has 2 nitrogen and oxygen atoms in total. The first-order chi connectivity index (χ1) is 11.9. The van der Waals surface area contributed by atoms with Crippen LogP contribution in [0.3, 0.4) is 0 Å². The van der Waals surface area contributed by atoms with Crippen molar-refractivity contribution in [1.82, 2.24) is 4.90 Å². The zero-order valence-corrected chi connectivity index (χ0v) is 16.7. The van der Waals surface area contributed by atoms with Crippen molar-refractivity contribution in [1.29, 1.82) is 0 Å². The van der Waals surface area contributed by atoms with Crippen LogP contribution in [-0.4, -0.2) is 23.9 Å². The zero-order chi connectivity index (χ0) is 17.8. The second-order valence-corrected chi connectivity index (χ2v) is 9.92. The molecule has 0 N–H and O–H groups in total. The van der Waals surface area contributed by atoms with Gasteiger partial charge in [-0.3, -0.25) is 4.79 Å². The van der Waals surface area contributed by atoms with E-state index in [1.54, 1.807) is 22.3 Å². The fourth-order valence-corrected chi connectivity index (χ4v) is 6.62. The predicted octanol–water partition coefficient (Wildman–Crippen LogP) is 5.64. The van der Waals surface area contributed by atoms with Gasteiger partial charge in [0.25, 0.3) is 0 Å². The van der Waals surface area contributed by atoms with Gasteiger partial charge in [0.1, 0.15) is 0 Å². The Labute approximate surface area is 153 Å². The fraction of sp³-hybridized carbons (Fsp3) is 0.783. The molecule has 0 aromatic heterocycles. The standard InChI is InChI=1S/C23H35NO/c1-16-10-22-12-18(3)19(4)13-23(22,11-17(16)2)15-24(14-22)21(25)20-8-6-5-7-9-20/h20H,5-15H2,1-4H3. The maximum atomic E-state index is 13.3. The summed E-state index contributed by atoms with van der Waals surface area (Å²) in [6.45, 7) is 11.4. The Balaban J connectivity index is 1.65. The SMILES string of the molecule is CC1=C(C)CC23CC(C)=C(C)CC2(C1)CN(C(=O)C1CCCCC1)C3. The van der Waals surface area contributed by atoms with Crippen molar-refractivity contribution < 1.29 is 4.79 Å². The van der Waals surface area contributed by atoms with Crippen molar-refractivity contribution in [3.63, 3.8) is 0 Å². The molecule has 1 saturated heterocycles. The highest BCUT2D eigenvalue weighted by Crippen LogP contribution is 2.64. The first-order valence-electron chi connectivity index (χ1n) is 10.5. The molecule has 2 fully saturated rings. The van der Waals surface area contributed by atoms with Gasteiger partial charge in [-0.1, -0.05) is 41.6 Å². The molecule has 0 aromatic rings. The molecule has 0 bridgehead atoms. The Bertz CT molecular complexity index is 577. The average Bonchev–Trinajstić information content (AvgIpc) is 2.89. The van der Waals surface area contributed by atoms with Crippen LogP contribution < -0.4 is 0 Å². The van der Waals surface area contributed by atoms with Crippen LogP contribution in [0.15, 0.2) is 22.3 Å². The van der Waals surface area contributed by atoms with E-state index in [1.165, 1.54) is 44.9 Å². The van der Waals surface area contributed by atoms with Gasteiger partial charge in [0.15, 0.2) is 0 Å². The average molecular weight is 342 g/mol. The molecular weight excluding hydrogens is 306 g/mol. The minimum atomic E-state index is 0.310. The Morgan fingerprint density at radius 2 is 1.16 bits per heavy atom. The van der Waals surface area contributed by atoms with Crippen LogP contribution in [0.25, 0.3) is 0 Å². The number of likely N-dealkylation sites (tertiary alicyclic amines) is 1. The summed E-state index contributed by atoms with van der Waals surface area (Å²) in [5, 5.41) is 0. The third kappa shape index (κ3) is 2.62. The van der Waals surface area contributed by atoms with Gasteiger partial charge >= 0.3 is 0 Å². The molecule has 1 saturated carbocycles. The van der Waals surface area contributed by atoms with E-state index in [4.69, 9.17) is 0 Å². The highest BCUT2D eigenvalue weighted by atomic mass is 16.2. The number of allylic oxidation sites excluding steroid dienone is 4. The van der Waals surface area contributed by atoms with E-state index >= 15 is 0 Å². The lowest BCUT2D eigenvalue weighted by Crippen LogP contribution is -2.46. The summed E-state index contributed by atoms with van der Waals surface area (Å²) in [7, 11) is 0. The summed E-state index contributed by atoms with van der Waals surface area (Å²) in [5.41, 5.74) is 6.99. The van der Waals surface area contributed by atoms with Gasteiger partial charge < -0.3 is 4.90 Å².